The second kappa shape index (κ2) is 9.35. The monoisotopic (exact) mass is 470 g/mol. The van der Waals surface area contributed by atoms with Gasteiger partial charge in [0.1, 0.15) is 0 Å². The highest BCUT2D eigenvalue weighted by atomic mass is 15.2. The molecule has 36 heavy (non-hydrogen) atoms. The highest BCUT2D eigenvalue weighted by Gasteiger charge is 2.36. The second-order valence-corrected chi connectivity index (χ2v) is 10.2. The van der Waals surface area contributed by atoms with Gasteiger partial charge < -0.3 is 10.2 Å². The average Bonchev–Trinajstić information content (AvgIpc) is 3.42. The average molecular weight is 471 g/mol. The van der Waals surface area contributed by atoms with Crippen LogP contribution in [0.2, 0.25) is 0 Å². The van der Waals surface area contributed by atoms with E-state index in [0.29, 0.717) is 12.0 Å². The van der Waals surface area contributed by atoms with Crippen LogP contribution in [-0.2, 0) is 0 Å². The van der Waals surface area contributed by atoms with Crippen LogP contribution in [0.5, 0.6) is 0 Å². The van der Waals surface area contributed by atoms with Gasteiger partial charge >= 0.3 is 0 Å². The predicted octanol–water partition coefficient (Wildman–Crippen LogP) is 8.55. The topological polar surface area (TPSA) is 15.3 Å². The minimum atomic E-state index is 0.362. The summed E-state index contributed by atoms with van der Waals surface area (Å²) in [7, 11) is 0. The molecule has 1 aromatic rings. The van der Waals surface area contributed by atoms with Gasteiger partial charge in [0.15, 0.2) is 0 Å². The van der Waals surface area contributed by atoms with Crippen LogP contribution >= 0.6 is 0 Å². The number of benzene rings is 1. The summed E-state index contributed by atoms with van der Waals surface area (Å²) in [6.07, 6.45) is 30.3. The van der Waals surface area contributed by atoms with Gasteiger partial charge in [-0.05, 0) is 97.8 Å². The molecule has 3 aliphatic carbocycles. The molecule has 0 aromatic heterocycles. The second-order valence-electron chi connectivity index (χ2n) is 10.2. The fourth-order valence-electron chi connectivity index (χ4n) is 6.24. The Labute approximate surface area is 215 Å². The summed E-state index contributed by atoms with van der Waals surface area (Å²) < 4.78 is 0. The first-order valence-electron chi connectivity index (χ1n) is 13.2. The molecule has 0 saturated heterocycles. The molecule has 2 aliphatic heterocycles. The third-order valence-corrected chi connectivity index (χ3v) is 8.02. The van der Waals surface area contributed by atoms with E-state index in [1.807, 2.05) is 0 Å². The zero-order valence-corrected chi connectivity index (χ0v) is 21.5. The lowest BCUT2D eigenvalue weighted by atomic mass is 9.81. The SMILES string of the molecule is C/C=C\C1=C(C)N(/C(C)=C/C=C2/C=CC=CC2)C2CC=C(C3=CC=C4Nc5ccccc5C4C3)C=C12. The van der Waals surface area contributed by atoms with E-state index < -0.39 is 0 Å². The van der Waals surface area contributed by atoms with Gasteiger partial charge in [-0.2, -0.15) is 0 Å². The standard InChI is InChI=1S/C34H34N2/c1-4-10-28-24(3)36(23(2)15-16-25-11-6-5-7-12-25)34-20-18-27(22-31(28)34)26-17-19-33-30(21-26)29-13-8-9-14-32(29)35-33/h4-11,13-19,22,30,34-35H,12,20-21H2,1-3H3/b10-4-,23-15+,25-16-. The summed E-state index contributed by atoms with van der Waals surface area (Å²) in [6.45, 7) is 6.64. The summed E-state index contributed by atoms with van der Waals surface area (Å²) in [5.74, 6) is 0.437. The number of anilines is 1. The van der Waals surface area contributed by atoms with Gasteiger partial charge in [-0.15, -0.1) is 0 Å². The van der Waals surface area contributed by atoms with E-state index in [2.05, 4.69) is 128 Å². The number of nitrogens with one attached hydrogen (secondary N) is 1. The highest BCUT2D eigenvalue weighted by Crippen LogP contribution is 2.47. The van der Waals surface area contributed by atoms with Crippen LogP contribution in [0.3, 0.4) is 0 Å². The van der Waals surface area contributed by atoms with Crippen molar-refractivity contribution < 1.29 is 0 Å². The van der Waals surface area contributed by atoms with Crippen molar-refractivity contribution in [3.63, 3.8) is 0 Å². The van der Waals surface area contributed by atoms with Gasteiger partial charge in [0.05, 0.1) is 6.04 Å². The van der Waals surface area contributed by atoms with Crippen molar-refractivity contribution in [1.29, 1.82) is 0 Å². The Morgan fingerprint density at radius 3 is 2.86 bits per heavy atom. The van der Waals surface area contributed by atoms with E-state index in [1.54, 1.807) is 0 Å². The van der Waals surface area contributed by atoms with Gasteiger partial charge in [0.2, 0.25) is 0 Å². The minimum Gasteiger partial charge on any atom is -0.358 e. The number of allylic oxidation sites excluding steroid dienone is 17. The quantitative estimate of drug-likeness (QED) is 0.474. The molecule has 0 amide bonds. The third kappa shape index (κ3) is 3.91. The largest absolute Gasteiger partial charge is 0.358 e. The number of fused-ring (bicyclic) bond motifs is 4. The maximum absolute atomic E-state index is 3.62. The number of hydrogen-bond donors (Lipinski definition) is 1. The molecule has 2 heterocycles. The van der Waals surface area contributed by atoms with Gasteiger partial charge in [0.25, 0.3) is 0 Å². The van der Waals surface area contributed by atoms with Crippen molar-refractivity contribution in [1.82, 2.24) is 4.90 Å². The molecule has 2 unspecified atom stereocenters. The zero-order chi connectivity index (χ0) is 24.6. The Kier molecular flexibility index (Phi) is 5.89. The fourth-order valence-corrected chi connectivity index (χ4v) is 6.24. The van der Waals surface area contributed by atoms with Crippen molar-refractivity contribution in [2.75, 3.05) is 5.32 Å². The van der Waals surface area contributed by atoms with Crippen molar-refractivity contribution in [3.8, 4) is 0 Å². The molecule has 1 N–H and O–H groups in total. The molecule has 5 aliphatic rings. The Morgan fingerprint density at radius 1 is 1.14 bits per heavy atom. The van der Waals surface area contributed by atoms with E-state index >= 15 is 0 Å². The number of nitrogens with zero attached hydrogens (tertiary/aromatic N) is 1. The number of rotatable bonds is 4. The Balaban J connectivity index is 1.29. The summed E-state index contributed by atoms with van der Waals surface area (Å²) in [6, 6.07) is 9.10. The molecule has 2 nitrogen and oxygen atoms in total. The van der Waals surface area contributed by atoms with E-state index in [-0.39, 0.29) is 0 Å². The highest BCUT2D eigenvalue weighted by molar-refractivity contribution is 5.68. The fraction of sp³-hybridized carbons (Fsp3) is 0.235. The Bertz CT molecular complexity index is 1410. The molecule has 2 atom stereocenters. The minimum absolute atomic E-state index is 0.362. The van der Waals surface area contributed by atoms with Gasteiger partial charge in [-0.3, -0.25) is 0 Å². The third-order valence-electron chi connectivity index (χ3n) is 8.02. The number of para-hydroxylation sites is 1. The van der Waals surface area contributed by atoms with Crippen LogP contribution < -0.4 is 5.32 Å². The first-order chi connectivity index (χ1) is 17.6. The van der Waals surface area contributed by atoms with Crippen LogP contribution in [0.15, 0.2) is 142 Å². The summed E-state index contributed by atoms with van der Waals surface area (Å²) in [5.41, 5.74) is 13.7. The molecule has 0 saturated carbocycles. The van der Waals surface area contributed by atoms with Crippen LogP contribution in [0.1, 0.15) is 51.5 Å². The molecule has 1 aromatic carbocycles. The molecule has 0 spiro atoms. The first-order valence-corrected chi connectivity index (χ1v) is 13.2. The maximum atomic E-state index is 3.62. The molecule has 2 heteroatoms. The maximum Gasteiger partial charge on any atom is 0.0626 e. The van der Waals surface area contributed by atoms with Crippen LogP contribution in [0.25, 0.3) is 0 Å². The van der Waals surface area contributed by atoms with Crippen LogP contribution in [0.4, 0.5) is 5.69 Å². The lowest BCUT2D eigenvalue weighted by Gasteiger charge is -2.32. The van der Waals surface area contributed by atoms with Crippen LogP contribution in [-0.4, -0.2) is 10.9 Å². The Morgan fingerprint density at radius 2 is 2.03 bits per heavy atom. The molecule has 0 bridgehead atoms. The van der Waals surface area contributed by atoms with Gasteiger partial charge in [-0.25, -0.2) is 0 Å². The predicted molar refractivity (Wildman–Crippen MR) is 152 cm³/mol. The lowest BCUT2D eigenvalue weighted by Crippen LogP contribution is -2.29. The smallest absolute Gasteiger partial charge is 0.0626 e. The van der Waals surface area contributed by atoms with E-state index in [0.717, 1.165) is 19.3 Å². The summed E-state index contributed by atoms with van der Waals surface area (Å²) >= 11 is 0. The molecule has 180 valence electrons. The summed E-state index contributed by atoms with van der Waals surface area (Å²) in [4.78, 5) is 2.54. The van der Waals surface area contributed by atoms with Crippen molar-refractivity contribution >= 4 is 5.69 Å². The normalized spacial score (nSPS) is 25.9. The van der Waals surface area contributed by atoms with Crippen molar-refractivity contribution in [2.45, 2.75) is 52.0 Å². The molecule has 6 rings (SSSR count). The zero-order valence-electron chi connectivity index (χ0n) is 21.5. The van der Waals surface area contributed by atoms with Crippen LogP contribution in [0, 0.1) is 0 Å². The first kappa shape index (κ1) is 22.7. The lowest BCUT2D eigenvalue weighted by molar-refractivity contribution is 0.375. The summed E-state index contributed by atoms with van der Waals surface area (Å²) in [5, 5.41) is 3.62. The van der Waals surface area contributed by atoms with Gasteiger partial charge in [0, 0.05) is 28.7 Å². The number of hydrogen-bond acceptors (Lipinski definition) is 2. The molecule has 0 fully saturated rings. The molecular formula is C34H34N2. The molecular weight excluding hydrogens is 436 g/mol. The Hall–Kier alpha value is -3.78. The van der Waals surface area contributed by atoms with E-state index in [1.165, 1.54) is 56.2 Å². The molecule has 0 radical (unpaired) electrons. The van der Waals surface area contributed by atoms with E-state index in [9.17, 15) is 0 Å². The van der Waals surface area contributed by atoms with Gasteiger partial charge in [-0.1, -0.05) is 72.9 Å². The van der Waals surface area contributed by atoms with Crippen molar-refractivity contribution in [2.24, 2.45) is 0 Å². The van der Waals surface area contributed by atoms with E-state index in [4.69, 9.17) is 0 Å². The van der Waals surface area contributed by atoms with Crippen molar-refractivity contribution in [3.05, 3.63) is 148 Å².